The highest BCUT2D eigenvalue weighted by molar-refractivity contribution is 6.01. The van der Waals surface area contributed by atoms with E-state index in [1.807, 2.05) is 0 Å². The number of hydrogen-bond acceptors (Lipinski definition) is 6. The summed E-state index contributed by atoms with van der Waals surface area (Å²) in [5.74, 6) is 0.784. The van der Waals surface area contributed by atoms with Crippen LogP contribution in [0.4, 0.5) is 11.4 Å². The Kier molecular flexibility index (Phi) is 6.01. The van der Waals surface area contributed by atoms with E-state index >= 15 is 0 Å². The van der Waals surface area contributed by atoms with Gasteiger partial charge in [-0.05, 0) is 43.3 Å². The fourth-order valence-electron chi connectivity index (χ4n) is 2.89. The maximum atomic E-state index is 12.4. The van der Waals surface area contributed by atoms with Gasteiger partial charge in [-0.2, -0.15) is 0 Å². The number of ether oxygens (including phenoxy) is 3. The lowest BCUT2D eigenvalue weighted by molar-refractivity contribution is -0.122. The molecule has 0 spiro atoms. The number of benzene rings is 2. The molecule has 1 unspecified atom stereocenters. The smallest absolute Gasteiger partial charge is 0.265 e. The molecule has 3 rings (SSSR count). The van der Waals surface area contributed by atoms with E-state index in [1.165, 1.54) is 14.2 Å². The summed E-state index contributed by atoms with van der Waals surface area (Å²) in [5.41, 5.74) is 1.44. The third-order valence-electron chi connectivity index (χ3n) is 4.48. The first kappa shape index (κ1) is 20.2. The summed E-state index contributed by atoms with van der Waals surface area (Å²) >= 11 is 0. The van der Waals surface area contributed by atoms with E-state index in [9.17, 15) is 14.4 Å². The Hall–Kier alpha value is -3.55. The van der Waals surface area contributed by atoms with Crippen molar-refractivity contribution >= 4 is 29.0 Å². The largest absolute Gasteiger partial charge is 0.493 e. The molecule has 1 aliphatic rings. The number of amides is 2. The van der Waals surface area contributed by atoms with Gasteiger partial charge in [-0.3, -0.25) is 14.4 Å². The standard InChI is InChI=1S/C21H22N2O6/c1-12-21(26)23-15-11-14(5-8-17(15)29-12)22-20(25)9-6-16(24)13-4-7-18(27-2)19(10-13)28-3/h4-5,7-8,10-12H,6,9H2,1-3H3,(H,22,25)(H,23,26). The Labute approximate surface area is 168 Å². The molecule has 2 aromatic carbocycles. The molecule has 8 nitrogen and oxygen atoms in total. The maximum absolute atomic E-state index is 12.4. The summed E-state index contributed by atoms with van der Waals surface area (Å²) in [4.78, 5) is 36.3. The number of carbonyl (C=O) groups excluding carboxylic acids is 3. The van der Waals surface area contributed by atoms with Gasteiger partial charge in [0.05, 0.1) is 19.9 Å². The lowest BCUT2D eigenvalue weighted by Gasteiger charge is -2.23. The molecule has 0 bridgehead atoms. The Morgan fingerprint density at radius 2 is 1.83 bits per heavy atom. The zero-order valence-electron chi connectivity index (χ0n) is 16.4. The van der Waals surface area contributed by atoms with Gasteiger partial charge >= 0.3 is 0 Å². The minimum Gasteiger partial charge on any atom is -0.493 e. The zero-order valence-corrected chi connectivity index (χ0v) is 16.4. The van der Waals surface area contributed by atoms with Crippen LogP contribution < -0.4 is 24.8 Å². The number of fused-ring (bicyclic) bond motifs is 1. The van der Waals surface area contributed by atoms with E-state index in [-0.39, 0.29) is 30.4 Å². The van der Waals surface area contributed by atoms with Crippen molar-refractivity contribution in [2.45, 2.75) is 25.9 Å². The molecule has 8 heteroatoms. The van der Waals surface area contributed by atoms with Crippen molar-refractivity contribution in [3.8, 4) is 17.2 Å². The lowest BCUT2D eigenvalue weighted by atomic mass is 10.1. The molecule has 2 aromatic rings. The molecular formula is C21H22N2O6. The molecule has 29 heavy (non-hydrogen) atoms. The van der Waals surface area contributed by atoms with Crippen LogP contribution in [0, 0.1) is 0 Å². The fraction of sp³-hybridized carbons (Fsp3) is 0.286. The fourth-order valence-corrected chi connectivity index (χ4v) is 2.89. The first-order chi connectivity index (χ1) is 13.9. The normalized spacial score (nSPS) is 14.9. The second-order valence-corrected chi connectivity index (χ2v) is 6.50. The molecule has 1 heterocycles. The second kappa shape index (κ2) is 8.64. The summed E-state index contributed by atoms with van der Waals surface area (Å²) in [6.45, 7) is 1.66. The van der Waals surface area contributed by atoms with Crippen molar-refractivity contribution in [3.05, 3.63) is 42.0 Å². The molecular weight excluding hydrogens is 376 g/mol. The Balaban J connectivity index is 1.58. The van der Waals surface area contributed by atoms with Crippen LogP contribution in [0.15, 0.2) is 36.4 Å². The highest BCUT2D eigenvalue weighted by Crippen LogP contribution is 2.32. The Morgan fingerprint density at radius 1 is 1.07 bits per heavy atom. The maximum Gasteiger partial charge on any atom is 0.265 e. The molecule has 0 fully saturated rings. The quantitative estimate of drug-likeness (QED) is 0.695. The van der Waals surface area contributed by atoms with Crippen molar-refractivity contribution in [1.82, 2.24) is 0 Å². The molecule has 0 aliphatic carbocycles. The number of anilines is 2. The van der Waals surface area contributed by atoms with Crippen LogP contribution >= 0.6 is 0 Å². The average Bonchev–Trinajstić information content (AvgIpc) is 2.72. The van der Waals surface area contributed by atoms with Crippen LogP contribution in [0.25, 0.3) is 0 Å². The van der Waals surface area contributed by atoms with E-state index in [1.54, 1.807) is 43.3 Å². The number of Topliss-reactive ketones (excluding diaryl/α,β-unsaturated/α-hetero) is 1. The highest BCUT2D eigenvalue weighted by atomic mass is 16.5. The van der Waals surface area contributed by atoms with E-state index < -0.39 is 6.10 Å². The highest BCUT2D eigenvalue weighted by Gasteiger charge is 2.23. The van der Waals surface area contributed by atoms with E-state index in [0.717, 1.165) is 0 Å². The van der Waals surface area contributed by atoms with Crippen LogP contribution in [0.2, 0.25) is 0 Å². The first-order valence-electron chi connectivity index (χ1n) is 9.08. The zero-order chi connectivity index (χ0) is 21.0. The van der Waals surface area contributed by atoms with Crippen LogP contribution in [-0.4, -0.2) is 37.9 Å². The predicted octanol–water partition coefficient (Wildman–Crippen LogP) is 3.02. The third-order valence-corrected chi connectivity index (χ3v) is 4.48. The van der Waals surface area contributed by atoms with Crippen LogP contribution in [0.1, 0.15) is 30.1 Å². The van der Waals surface area contributed by atoms with Crippen molar-refractivity contribution in [2.75, 3.05) is 24.9 Å². The molecule has 0 radical (unpaired) electrons. The Morgan fingerprint density at radius 3 is 2.55 bits per heavy atom. The van der Waals surface area contributed by atoms with Crippen LogP contribution in [0.5, 0.6) is 17.2 Å². The second-order valence-electron chi connectivity index (χ2n) is 6.50. The number of methoxy groups -OCH3 is 2. The van der Waals surface area contributed by atoms with Crippen molar-refractivity contribution < 1.29 is 28.6 Å². The summed E-state index contributed by atoms with van der Waals surface area (Å²) in [5, 5.41) is 5.45. The number of carbonyl (C=O) groups is 3. The number of hydrogen-bond donors (Lipinski definition) is 2. The molecule has 2 amide bonds. The molecule has 152 valence electrons. The van der Waals surface area contributed by atoms with E-state index in [4.69, 9.17) is 14.2 Å². The van der Waals surface area contributed by atoms with Gasteiger partial charge in [0.15, 0.2) is 23.4 Å². The molecule has 1 aliphatic heterocycles. The van der Waals surface area contributed by atoms with Gasteiger partial charge < -0.3 is 24.8 Å². The number of nitrogens with one attached hydrogen (secondary N) is 2. The van der Waals surface area contributed by atoms with Crippen molar-refractivity contribution in [2.24, 2.45) is 0 Å². The summed E-state index contributed by atoms with van der Waals surface area (Å²) in [6.07, 6.45) is -0.501. The number of ketones is 1. The van der Waals surface area contributed by atoms with E-state index in [2.05, 4.69) is 10.6 Å². The predicted molar refractivity (Wildman–Crippen MR) is 107 cm³/mol. The Bertz CT molecular complexity index is 956. The topological polar surface area (TPSA) is 103 Å². The SMILES string of the molecule is COc1ccc(C(=O)CCC(=O)Nc2ccc3c(c2)NC(=O)C(C)O3)cc1OC. The molecule has 0 saturated heterocycles. The minimum absolute atomic E-state index is 0.0180. The molecule has 2 N–H and O–H groups in total. The first-order valence-corrected chi connectivity index (χ1v) is 9.08. The molecule has 1 atom stereocenters. The van der Waals surface area contributed by atoms with Gasteiger partial charge in [0, 0.05) is 24.1 Å². The van der Waals surface area contributed by atoms with Gasteiger partial charge in [0.1, 0.15) is 5.75 Å². The van der Waals surface area contributed by atoms with E-state index in [0.29, 0.717) is 34.2 Å². The minimum atomic E-state index is -0.564. The van der Waals surface area contributed by atoms with Crippen LogP contribution in [-0.2, 0) is 9.59 Å². The summed E-state index contributed by atoms with van der Waals surface area (Å²) in [6, 6.07) is 9.84. The summed E-state index contributed by atoms with van der Waals surface area (Å²) < 4.78 is 15.8. The van der Waals surface area contributed by atoms with Gasteiger partial charge in [0.2, 0.25) is 5.91 Å². The number of rotatable bonds is 7. The van der Waals surface area contributed by atoms with Crippen molar-refractivity contribution in [1.29, 1.82) is 0 Å². The van der Waals surface area contributed by atoms with Gasteiger partial charge in [-0.1, -0.05) is 0 Å². The van der Waals surface area contributed by atoms with Crippen LogP contribution in [0.3, 0.4) is 0 Å². The van der Waals surface area contributed by atoms with Crippen molar-refractivity contribution in [3.63, 3.8) is 0 Å². The lowest BCUT2D eigenvalue weighted by Crippen LogP contribution is -2.34. The average molecular weight is 398 g/mol. The van der Waals surface area contributed by atoms with Gasteiger partial charge in [0.25, 0.3) is 5.91 Å². The molecule has 0 aromatic heterocycles. The third kappa shape index (κ3) is 4.66. The summed E-state index contributed by atoms with van der Waals surface area (Å²) in [7, 11) is 3.01. The van der Waals surface area contributed by atoms with Gasteiger partial charge in [-0.25, -0.2) is 0 Å². The molecule has 0 saturated carbocycles. The monoisotopic (exact) mass is 398 g/mol. The van der Waals surface area contributed by atoms with Gasteiger partial charge in [-0.15, -0.1) is 0 Å².